The summed E-state index contributed by atoms with van der Waals surface area (Å²) in [6.45, 7) is 8.45. The average Bonchev–Trinajstić information content (AvgIpc) is 2.73. The van der Waals surface area contributed by atoms with Crippen molar-refractivity contribution >= 4 is 29.4 Å². The standard InChI is InChI=1S/C22H33N3O7/c1-6-20(29)32-11-15-7-8-16(17(9-15)31-12-19(27)28)25-18(26)10-23-22(30)21(13(2)3)24-14(4)5/h7-9,13-14,21,24H,6,10-12H2,1-5H3,(H,23,30)(H,25,26)(H,27,28). The van der Waals surface area contributed by atoms with Crippen LogP contribution in [0.4, 0.5) is 5.69 Å². The first kappa shape index (κ1) is 26.9. The van der Waals surface area contributed by atoms with Gasteiger partial charge < -0.3 is 30.5 Å². The number of amides is 2. The molecular formula is C22H33N3O7. The number of benzene rings is 1. The molecule has 0 saturated heterocycles. The van der Waals surface area contributed by atoms with Crippen molar-refractivity contribution in [3.05, 3.63) is 23.8 Å². The Morgan fingerprint density at radius 1 is 1.09 bits per heavy atom. The fraction of sp³-hybridized carbons (Fsp3) is 0.545. The predicted molar refractivity (Wildman–Crippen MR) is 118 cm³/mol. The fourth-order valence-electron chi connectivity index (χ4n) is 2.69. The van der Waals surface area contributed by atoms with Gasteiger partial charge in [0.2, 0.25) is 11.8 Å². The van der Waals surface area contributed by atoms with Gasteiger partial charge in [0, 0.05) is 12.5 Å². The van der Waals surface area contributed by atoms with Gasteiger partial charge in [0.25, 0.3) is 0 Å². The van der Waals surface area contributed by atoms with Crippen molar-refractivity contribution in [1.82, 2.24) is 10.6 Å². The molecule has 4 N–H and O–H groups in total. The van der Waals surface area contributed by atoms with Gasteiger partial charge in [0.15, 0.2) is 6.61 Å². The highest BCUT2D eigenvalue weighted by molar-refractivity contribution is 5.96. The zero-order valence-corrected chi connectivity index (χ0v) is 19.2. The Morgan fingerprint density at radius 3 is 2.34 bits per heavy atom. The topological polar surface area (TPSA) is 143 Å². The van der Waals surface area contributed by atoms with Gasteiger partial charge in [-0.2, -0.15) is 0 Å². The first-order chi connectivity index (χ1) is 15.0. The van der Waals surface area contributed by atoms with E-state index in [1.54, 1.807) is 13.0 Å². The first-order valence-electron chi connectivity index (χ1n) is 10.5. The van der Waals surface area contributed by atoms with Gasteiger partial charge in [-0.1, -0.05) is 40.7 Å². The van der Waals surface area contributed by atoms with Gasteiger partial charge >= 0.3 is 11.9 Å². The highest BCUT2D eigenvalue weighted by Crippen LogP contribution is 2.26. The van der Waals surface area contributed by atoms with Crippen LogP contribution in [0, 0.1) is 5.92 Å². The Labute approximate surface area is 188 Å². The summed E-state index contributed by atoms with van der Waals surface area (Å²) in [6.07, 6.45) is 0.229. The van der Waals surface area contributed by atoms with Crippen LogP contribution in [0.2, 0.25) is 0 Å². The van der Waals surface area contributed by atoms with Crippen LogP contribution in [0.15, 0.2) is 18.2 Å². The number of esters is 1. The lowest BCUT2D eigenvalue weighted by Crippen LogP contribution is -2.51. The van der Waals surface area contributed by atoms with E-state index in [4.69, 9.17) is 14.6 Å². The summed E-state index contributed by atoms with van der Waals surface area (Å²) < 4.78 is 10.3. The van der Waals surface area contributed by atoms with Gasteiger partial charge in [-0.25, -0.2) is 4.79 Å². The number of anilines is 1. The van der Waals surface area contributed by atoms with Gasteiger partial charge in [0.1, 0.15) is 12.4 Å². The second-order valence-electron chi connectivity index (χ2n) is 7.84. The minimum absolute atomic E-state index is 0.0141. The lowest BCUT2D eigenvalue weighted by atomic mass is 10.0. The first-order valence-corrected chi connectivity index (χ1v) is 10.5. The zero-order chi connectivity index (χ0) is 24.3. The monoisotopic (exact) mass is 451 g/mol. The van der Waals surface area contributed by atoms with Crippen LogP contribution < -0.4 is 20.7 Å². The molecule has 1 aromatic rings. The molecule has 178 valence electrons. The number of aliphatic carboxylic acids is 1. The second kappa shape index (κ2) is 13.3. The van der Waals surface area contributed by atoms with Crippen molar-refractivity contribution in [2.45, 2.75) is 59.7 Å². The molecule has 1 unspecified atom stereocenters. The van der Waals surface area contributed by atoms with Gasteiger partial charge in [-0.3, -0.25) is 14.4 Å². The van der Waals surface area contributed by atoms with Crippen LogP contribution in [-0.4, -0.2) is 54.1 Å². The summed E-state index contributed by atoms with van der Waals surface area (Å²) in [5, 5.41) is 17.3. The molecule has 0 saturated carbocycles. The predicted octanol–water partition coefficient (Wildman–Crippen LogP) is 1.68. The van der Waals surface area contributed by atoms with E-state index in [9.17, 15) is 19.2 Å². The molecule has 1 atom stereocenters. The normalized spacial score (nSPS) is 11.7. The molecule has 10 nitrogen and oxygen atoms in total. The van der Waals surface area contributed by atoms with Crippen molar-refractivity contribution in [3.8, 4) is 5.75 Å². The number of carbonyl (C=O) groups excluding carboxylic acids is 3. The van der Waals surface area contributed by atoms with Gasteiger partial charge in [-0.05, 0) is 23.6 Å². The summed E-state index contributed by atoms with van der Waals surface area (Å²) >= 11 is 0. The number of ether oxygens (including phenoxy) is 2. The molecule has 0 aliphatic heterocycles. The molecule has 1 rings (SSSR count). The quantitative estimate of drug-likeness (QED) is 0.332. The summed E-state index contributed by atoms with van der Waals surface area (Å²) in [6, 6.07) is 4.28. The lowest BCUT2D eigenvalue weighted by Gasteiger charge is -2.23. The highest BCUT2D eigenvalue weighted by atomic mass is 16.5. The number of carboxylic acids is 1. The Bertz CT molecular complexity index is 809. The van der Waals surface area contributed by atoms with E-state index in [0.717, 1.165) is 0 Å². The summed E-state index contributed by atoms with van der Waals surface area (Å²) in [4.78, 5) is 47.0. The van der Waals surface area contributed by atoms with E-state index >= 15 is 0 Å². The van der Waals surface area contributed by atoms with Crippen LogP contribution in [-0.2, 0) is 30.5 Å². The molecule has 0 aliphatic carbocycles. The Balaban J connectivity index is 2.82. The molecule has 0 heterocycles. The Morgan fingerprint density at radius 2 is 1.78 bits per heavy atom. The molecule has 10 heteroatoms. The maximum absolute atomic E-state index is 12.4. The second-order valence-corrected chi connectivity index (χ2v) is 7.84. The lowest BCUT2D eigenvalue weighted by molar-refractivity contribution is -0.144. The van der Waals surface area contributed by atoms with E-state index in [-0.39, 0.29) is 54.8 Å². The minimum atomic E-state index is -1.19. The zero-order valence-electron chi connectivity index (χ0n) is 19.2. The van der Waals surface area contributed by atoms with Crippen LogP contribution in [0.1, 0.15) is 46.6 Å². The number of hydrogen-bond acceptors (Lipinski definition) is 7. The highest BCUT2D eigenvalue weighted by Gasteiger charge is 2.23. The van der Waals surface area contributed by atoms with E-state index in [0.29, 0.717) is 5.56 Å². The molecule has 0 radical (unpaired) electrons. The van der Waals surface area contributed by atoms with Crippen LogP contribution in [0.25, 0.3) is 0 Å². The maximum Gasteiger partial charge on any atom is 0.341 e. The number of carbonyl (C=O) groups is 4. The smallest absolute Gasteiger partial charge is 0.341 e. The number of rotatable bonds is 13. The molecule has 0 spiro atoms. The largest absolute Gasteiger partial charge is 0.480 e. The summed E-state index contributed by atoms with van der Waals surface area (Å²) in [7, 11) is 0. The molecule has 0 fully saturated rings. The van der Waals surface area contributed by atoms with Crippen molar-refractivity contribution in [2.75, 3.05) is 18.5 Å². The third kappa shape index (κ3) is 9.78. The SMILES string of the molecule is CCC(=O)OCc1ccc(NC(=O)CNC(=O)C(NC(C)C)C(C)C)c(OCC(=O)O)c1. The minimum Gasteiger partial charge on any atom is -0.480 e. The molecule has 2 amide bonds. The average molecular weight is 452 g/mol. The van der Waals surface area contributed by atoms with E-state index in [2.05, 4.69) is 16.0 Å². The third-order valence-corrected chi connectivity index (χ3v) is 4.24. The Kier molecular flexibility index (Phi) is 11.2. The van der Waals surface area contributed by atoms with E-state index in [1.165, 1.54) is 12.1 Å². The number of nitrogens with one attached hydrogen (secondary N) is 3. The van der Waals surface area contributed by atoms with Crippen molar-refractivity contribution in [1.29, 1.82) is 0 Å². The molecule has 32 heavy (non-hydrogen) atoms. The molecule has 0 aliphatic rings. The van der Waals surface area contributed by atoms with Gasteiger partial charge in [0.05, 0.1) is 18.3 Å². The van der Waals surface area contributed by atoms with Crippen molar-refractivity contribution < 1.29 is 33.8 Å². The van der Waals surface area contributed by atoms with Crippen LogP contribution >= 0.6 is 0 Å². The van der Waals surface area contributed by atoms with Crippen LogP contribution in [0.3, 0.4) is 0 Å². The number of hydrogen-bond donors (Lipinski definition) is 4. The molecule has 0 bridgehead atoms. The maximum atomic E-state index is 12.4. The summed E-state index contributed by atoms with van der Waals surface area (Å²) in [5.41, 5.74) is 0.801. The molecule has 1 aromatic carbocycles. The van der Waals surface area contributed by atoms with Crippen LogP contribution in [0.5, 0.6) is 5.75 Å². The Hall–Kier alpha value is -3.14. The van der Waals surface area contributed by atoms with Crippen molar-refractivity contribution in [2.24, 2.45) is 5.92 Å². The number of carboxylic acid groups (broad SMARTS) is 1. The molecule has 0 aromatic heterocycles. The van der Waals surface area contributed by atoms with Crippen molar-refractivity contribution in [3.63, 3.8) is 0 Å². The van der Waals surface area contributed by atoms with Gasteiger partial charge in [-0.15, -0.1) is 0 Å². The fourth-order valence-corrected chi connectivity index (χ4v) is 2.69. The van der Waals surface area contributed by atoms with E-state index < -0.39 is 24.5 Å². The third-order valence-electron chi connectivity index (χ3n) is 4.24. The molecular weight excluding hydrogens is 418 g/mol. The summed E-state index contributed by atoms with van der Waals surface area (Å²) in [5.74, 6) is -2.22. The van der Waals surface area contributed by atoms with E-state index in [1.807, 2.05) is 27.7 Å².